The number of thiophene rings is 1. The fraction of sp³-hybridized carbons (Fsp3) is 0.323. The molecule has 0 fully saturated rings. The molecule has 0 aliphatic carbocycles. The summed E-state index contributed by atoms with van der Waals surface area (Å²) in [6, 6.07) is 16.2. The van der Waals surface area contributed by atoms with E-state index in [2.05, 4.69) is 24.0 Å². The monoisotopic (exact) mass is 556 g/mol. The second-order valence-corrected chi connectivity index (χ2v) is 12.0. The average Bonchev–Trinajstić information content (AvgIpc) is 3.39. The van der Waals surface area contributed by atoms with Gasteiger partial charge in [-0.1, -0.05) is 42.5 Å². The number of rotatable bonds is 6. The highest BCUT2D eigenvalue weighted by Gasteiger charge is 2.33. The smallest absolute Gasteiger partial charge is 0.338 e. The lowest BCUT2D eigenvalue weighted by Crippen LogP contribution is -2.25. The summed E-state index contributed by atoms with van der Waals surface area (Å²) < 4.78 is 13.1. The molecule has 3 heterocycles. The van der Waals surface area contributed by atoms with Gasteiger partial charge in [-0.15, -0.1) is 21.5 Å². The fourth-order valence-corrected chi connectivity index (χ4v) is 5.85. The van der Waals surface area contributed by atoms with E-state index >= 15 is 0 Å². The van der Waals surface area contributed by atoms with Crippen LogP contribution in [0.2, 0.25) is 0 Å². The maximum absolute atomic E-state index is 12.9. The maximum atomic E-state index is 12.9. The van der Waals surface area contributed by atoms with Crippen LogP contribution in [0.1, 0.15) is 82.4 Å². The van der Waals surface area contributed by atoms with E-state index in [-0.39, 0.29) is 19.0 Å². The Hall–Kier alpha value is -4.11. The van der Waals surface area contributed by atoms with Crippen LogP contribution < -0.4 is 0 Å². The van der Waals surface area contributed by atoms with E-state index < -0.39 is 17.6 Å². The lowest BCUT2D eigenvalue weighted by molar-refractivity contribution is -0.155. The molecule has 40 heavy (non-hydrogen) atoms. The van der Waals surface area contributed by atoms with Gasteiger partial charge in [0.1, 0.15) is 29.1 Å². The Morgan fingerprint density at radius 1 is 0.975 bits per heavy atom. The van der Waals surface area contributed by atoms with Gasteiger partial charge in [-0.3, -0.25) is 14.4 Å². The van der Waals surface area contributed by atoms with Gasteiger partial charge >= 0.3 is 11.9 Å². The molecule has 9 heteroatoms. The van der Waals surface area contributed by atoms with Crippen molar-refractivity contribution in [2.75, 3.05) is 0 Å². The molecule has 0 radical (unpaired) electrons. The third-order valence-electron chi connectivity index (χ3n) is 6.63. The van der Waals surface area contributed by atoms with Gasteiger partial charge in [-0.25, -0.2) is 4.79 Å². The SMILES string of the molecule is Cc1sc2c(c1C)C(c1ccc(C(=O)OCc3ccccc3)cc1)=N[C@@H](CC(=O)OC(C)(C)C)c1nnc(C)n1-2. The van der Waals surface area contributed by atoms with Crippen molar-refractivity contribution in [2.24, 2.45) is 4.99 Å². The van der Waals surface area contributed by atoms with Gasteiger partial charge in [-0.2, -0.15) is 0 Å². The highest BCUT2D eigenvalue weighted by Crippen LogP contribution is 2.39. The van der Waals surface area contributed by atoms with E-state index in [4.69, 9.17) is 14.5 Å². The fourth-order valence-electron chi connectivity index (χ4n) is 4.64. The minimum absolute atomic E-state index is 0.0236. The molecule has 1 atom stereocenters. The van der Waals surface area contributed by atoms with Crippen LogP contribution in [0, 0.1) is 20.8 Å². The summed E-state index contributed by atoms with van der Waals surface area (Å²) in [7, 11) is 0. The van der Waals surface area contributed by atoms with E-state index in [9.17, 15) is 9.59 Å². The summed E-state index contributed by atoms with van der Waals surface area (Å²) in [5.74, 6) is 0.565. The zero-order valence-corrected chi connectivity index (χ0v) is 24.3. The molecule has 2 aromatic carbocycles. The second kappa shape index (κ2) is 10.8. The van der Waals surface area contributed by atoms with Gasteiger partial charge in [-0.05, 0) is 64.8 Å². The molecule has 1 aliphatic heterocycles. The summed E-state index contributed by atoms with van der Waals surface area (Å²) in [6.07, 6.45) is 0.0236. The zero-order valence-electron chi connectivity index (χ0n) is 23.5. The molecule has 0 amide bonds. The highest BCUT2D eigenvalue weighted by molar-refractivity contribution is 7.15. The van der Waals surface area contributed by atoms with Crippen LogP contribution in [0.4, 0.5) is 0 Å². The highest BCUT2D eigenvalue weighted by atomic mass is 32.1. The summed E-state index contributed by atoms with van der Waals surface area (Å²) >= 11 is 1.65. The molecule has 0 N–H and O–H groups in total. The first kappa shape index (κ1) is 27.5. The zero-order chi connectivity index (χ0) is 28.6. The first-order valence-corrected chi connectivity index (χ1v) is 14.0. The van der Waals surface area contributed by atoms with Gasteiger partial charge < -0.3 is 9.47 Å². The van der Waals surface area contributed by atoms with Crippen molar-refractivity contribution in [3.8, 4) is 5.00 Å². The summed E-state index contributed by atoms with van der Waals surface area (Å²) in [6.45, 7) is 11.8. The Bertz CT molecular complexity index is 1590. The van der Waals surface area contributed by atoms with Gasteiger partial charge in [0.2, 0.25) is 0 Å². The molecule has 1 aliphatic rings. The lowest BCUT2D eigenvalue weighted by Gasteiger charge is -2.21. The molecule has 5 rings (SSSR count). The van der Waals surface area contributed by atoms with Crippen molar-refractivity contribution < 1.29 is 19.1 Å². The average molecular weight is 557 g/mol. The number of ether oxygens (including phenoxy) is 2. The molecule has 206 valence electrons. The van der Waals surface area contributed by atoms with E-state index in [1.807, 2.05) is 74.7 Å². The Morgan fingerprint density at radius 2 is 1.68 bits per heavy atom. The van der Waals surface area contributed by atoms with Crippen LogP contribution in [0.3, 0.4) is 0 Å². The van der Waals surface area contributed by atoms with E-state index in [1.54, 1.807) is 23.5 Å². The lowest BCUT2D eigenvalue weighted by atomic mass is 9.98. The second-order valence-electron chi connectivity index (χ2n) is 10.8. The van der Waals surface area contributed by atoms with Crippen LogP contribution in [-0.2, 0) is 20.9 Å². The van der Waals surface area contributed by atoms with Gasteiger partial charge in [0.25, 0.3) is 0 Å². The minimum atomic E-state index is -0.616. The molecule has 2 aromatic heterocycles. The number of nitrogens with zero attached hydrogens (tertiary/aromatic N) is 4. The Labute approximate surface area is 237 Å². The summed E-state index contributed by atoms with van der Waals surface area (Å²) in [5.41, 5.74) is 4.39. The molecule has 0 saturated carbocycles. The number of carbonyl (C=O) groups is 2. The number of aryl methyl sites for hydroxylation is 2. The number of fused-ring (bicyclic) bond motifs is 3. The Morgan fingerprint density at radius 3 is 2.35 bits per heavy atom. The number of aromatic nitrogens is 3. The number of aliphatic imine (C=N–C) groups is 1. The van der Waals surface area contributed by atoms with Crippen molar-refractivity contribution in [3.05, 3.63) is 98.9 Å². The standard InChI is InChI=1S/C31H32N4O4S/c1-18-19(2)40-29-26(18)27(22-12-14-23(15-13-22)30(37)38-17-21-10-8-7-9-11-21)32-24(16-25(36)39-31(4,5)6)28-34-33-20(3)35(28)29/h7-15,24H,16-17H2,1-6H3/t24-/m0/s1. The maximum Gasteiger partial charge on any atom is 0.338 e. The minimum Gasteiger partial charge on any atom is -0.460 e. The molecule has 0 saturated heterocycles. The topological polar surface area (TPSA) is 95.7 Å². The molecular formula is C31H32N4O4S. The van der Waals surface area contributed by atoms with Crippen molar-refractivity contribution >= 4 is 29.0 Å². The quantitative estimate of drug-likeness (QED) is 0.261. The summed E-state index contributed by atoms with van der Waals surface area (Å²) in [4.78, 5) is 31.9. The molecule has 8 nitrogen and oxygen atoms in total. The third kappa shape index (κ3) is 5.60. The van der Waals surface area contributed by atoms with Crippen LogP contribution in [0.15, 0.2) is 59.6 Å². The van der Waals surface area contributed by atoms with Gasteiger partial charge in [0, 0.05) is 16.0 Å². The number of benzene rings is 2. The number of carbonyl (C=O) groups excluding carboxylic acids is 2. The van der Waals surface area contributed by atoms with Crippen LogP contribution in [0.5, 0.6) is 0 Å². The molecule has 0 bridgehead atoms. The van der Waals surface area contributed by atoms with Crippen LogP contribution in [-0.4, -0.2) is 38.0 Å². The van der Waals surface area contributed by atoms with E-state index in [0.717, 1.165) is 43.7 Å². The van der Waals surface area contributed by atoms with Crippen molar-refractivity contribution in [3.63, 3.8) is 0 Å². The van der Waals surface area contributed by atoms with Crippen molar-refractivity contribution in [1.82, 2.24) is 14.8 Å². The van der Waals surface area contributed by atoms with Gasteiger partial charge in [0.05, 0.1) is 17.7 Å². The molecular weight excluding hydrogens is 524 g/mol. The Kier molecular flexibility index (Phi) is 7.42. The van der Waals surface area contributed by atoms with Crippen molar-refractivity contribution in [1.29, 1.82) is 0 Å². The predicted octanol–water partition coefficient (Wildman–Crippen LogP) is 6.23. The normalized spacial score (nSPS) is 14.6. The number of esters is 2. The molecule has 4 aromatic rings. The first-order valence-electron chi connectivity index (χ1n) is 13.2. The Balaban J connectivity index is 1.51. The summed E-state index contributed by atoms with van der Waals surface area (Å²) in [5, 5.41) is 9.73. The molecule has 0 unspecified atom stereocenters. The van der Waals surface area contributed by atoms with Crippen molar-refractivity contribution in [2.45, 2.75) is 66.2 Å². The third-order valence-corrected chi connectivity index (χ3v) is 7.82. The van der Waals surface area contributed by atoms with Crippen LogP contribution in [0.25, 0.3) is 5.00 Å². The number of hydrogen-bond donors (Lipinski definition) is 0. The first-order chi connectivity index (χ1) is 19.0. The predicted molar refractivity (Wildman–Crippen MR) is 154 cm³/mol. The van der Waals surface area contributed by atoms with E-state index in [1.165, 1.54) is 0 Å². The van der Waals surface area contributed by atoms with Gasteiger partial charge in [0.15, 0.2) is 5.82 Å². The molecule has 0 spiro atoms. The largest absolute Gasteiger partial charge is 0.460 e. The number of hydrogen-bond acceptors (Lipinski definition) is 8. The van der Waals surface area contributed by atoms with E-state index in [0.29, 0.717) is 11.4 Å². The van der Waals surface area contributed by atoms with Crippen LogP contribution >= 0.6 is 11.3 Å².